The van der Waals surface area contributed by atoms with Crippen molar-refractivity contribution in [1.82, 2.24) is 14.5 Å². The summed E-state index contributed by atoms with van der Waals surface area (Å²) in [6.07, 6.45) is 5.63. The molecule has 1 aromatic heterocycles. The normalized spacial score (nSPS) is 17.5. The SMILES string of the molecule is Cc1ccc(C(O)=C2C(=O)C(=O)N(CCCn3ccnc3)[C@H]2c2cccc([N+](=O)[O-])c2)cc1. The number of nitro benzene ring substituents is 1. The summed E-state index contributed by atoms with van der Waals surface area (Å²) >= 11 is 0. The molecule has 2 aromatic carbocycles. The van der Waals surface area contributed by atoms with Crippen molar-refractivity contribution in [3.8, 4) is 0 Å². The summed E-state index contributed by atoms with van der Waals surface area (Å²) in [5, 5.41) is 22.4. The number of amides is 1. The Hall–Kier alpha value is -4.27. The summed E-state index contributed by atoms with van der Waals surface area (Å²) in [4.78, 5) is 42.2. The van der Waals surface area contributed by atoms with Gasteiger partial charge in [-0.25, -0.2) is 4.98 Å². The molecular weight excluding hydrogens is 424 g/mol. The molecule has 0 aliphatic carbocycles. The molecule has 1 fully saturated rings. The Labute approximate surface area is 189 Å². The molecule has 9 nitrogen and oxygen atoms in total. The molecule has 0 bridgehead atoms. The first-order valence-corrected chi connectivity index (χ1v) is 10.4. The predicted molar refractivity (Wildman–Crippen MR) is 120 cm³/mol. The van der Waals surface area contributed by atoms with E-state index >= 15 is 0 Å². The number of hydrogen-bond donors (Lipinski definition) is 1. The summed E-state index contributed by atoms with van der Waals surface area (Å²) < 4.78 is 1.85. The van der Waals surface area contributed by atoms with Gasteiger partial charge in [-0.05, 0) is 18.9 Å². The number of aliphatic hydroxyl groups is 1. The fraction of sp³-hybridized carbons (Fsp3) is 0.208. The summed E-state index contributed by atoms with van der Waals surface area (Å²) in [6, 6.07) is 11.8. The number of Topliss-reactive ketones (excluding diaryl/α,β-unsaturated/α-hetero) is 1. The van der Waals surface area contributed by atoms with Gasteiger partial charge < -0.3 is 14.6 Å². The first-order chi connectivity index (χ1) is 15.9. The highest BCUT2D eigenvalue weighted by Crippen LogP contribution is 2.40. The zero-order valence-corrected chi connectivity index (χ0v) is 17.9. The van der Waals surface area contributed by atoms with Crippen LogP contribution in [0.4, 0.5) is 5.69 Å². The molecule has 1 atom stereocenters. The number of benzene rings is 2. The Morgan fingerprint density at radius 1 is 1.15 bits per heavy atom. The first-order valence-electron chi connectivity index (χ1n) is 10.4. The zero-order valence-electron chi connectivity index (χ0n) is 17.9. The average Bonchev–Trinajstić information content (AvgIpc) is 3.41. The molecule has 33 heavy (non-hydrogen) atoms. The fourth-order valence-electron chi connectivity index (χ4n) is 3.98. The van der Waals surface area contributed by atoms with Gasteiger partial charge in [-0.1, -0.05) is 42.0 Å². The van der Waals surface area contributed by atoms with Crippen molar-refractivity contribution in [3.63, 3.8) is 0 Å². The van der Waals surface area contributed by atoms with Crippen molar-refractivity contribution in [2.45, 2.75) is 25.9 Å². The Morgan fingerprint density at radius 2 is 1.91 bits per heavy atom. The maximum Gasteiger partial charge on any atom is 0.295 e. The Bertz CT molecular complexity index is 1230. The Morgan fingerprint density at radius 3 is 2.58 bits per heavy atom. The largest absolute Gasteiger partial charge is 0.507 e. The van der Waals surface area contributed by atoms with E-state index in [0.717, 1.165) is 5.56 Å². The lowest BCUT2D eigenvalue weighted by atomic mass is 9.94. The number of hydrogen-bond acceptors (Lipinski definition) is 6. The summed E-state index contributed by atoms with van der Waals surface area (Å²) in [5.74, 6) is -1.86. The highest BCUT2D eigenvalue weighted by molar-refractivity contribution is 6.46. The summed E-state index contributed by atoms with van der Waals surface area (Å²) in [7, 11) is 0. The molecule has 1 saturated heterocycles. The number of nitrogens with zero attached hydrogens (tertiary/aromatic N) is 4. The van der Waals surface area contributed by atoms with Gasteiger partial charge in [-0.3, -0.25) is 19.7 Å². The molecule has 1 amide bonds. The minimum atomic E-state index is -0.936. The standard InChI is InChI=1S/C24H22N4O5/c1-16-6-8-17(9-7-16)22(29)20-21(18-4-2-5-19(14-18)28(32)33)27(24(31)23(20)30)12-3-11-26-13-10-25-15-26/h2,4-10,13-15,21,29H,3,11-12H2,1H3/t21-/m0/s1. The molecule has 168 valence electrons. The van der Waals surface area contributed by atoms with Crippen LogP contribution in [-0.4, -0.2) is 42.7 Å². The smallest absolute Gasteiger partial charge is 0.295 e. The second kappa shape index (κ2) is 9.07. The molecule has 0 spiro atoms. The number of rotatable bonds is 7. The third-order valence-corrected chi connectivity index (χ3v) is 5.64. The van der Waals surface area contributed by atoms with E-state index in [-0.39, 0.29) is 23.6 Å². The van der Waals surface area contributed by atoms with Crippen LogP contribution >= 0.6 is 0 Å². The number of non-ortho nitro benzene ring substituents is 1. The van der Waals surface area contributed by atoms with Crippen molar-refractivity contribution >= 4 is 23.1 Å². The number of nitro groups is 1. The lowest BCUT2D eigenvalue weighted by molar-refractivity contribution is -0.384. The van der Waals surface area contributed by atoms with Gasteiger partial charge in [-0.2, -0.15) is 0 Å². The number of carbonyl (C=O) groups excluding carboxylic acids is 2. The van der Waals surface area contributed by atoms with Crippen LogP contribution in [0.25, 0.3) is 5.76 Å². The molecular formula is C24H22N4O5. The molecule has 1 aliphatic heterocycles. The van der Waals surface area contributed by atoms with E-state index in [0.29, 0.717) is 24.1 Å². The molecule has 2 heterocycles. The minimum absolute atomic E-state index is 0.0769. The molecule has 1 N–H and O–H groups in total. The van der Waals surface area contributed by atoms with Crippen LogP contribution < -0.4 is 0 Å². The van der Waals surface area contributed by atoms with Crippen molar-refractivity contribution in [3.05, 3.63) is 99.6 Å². The molecule has 9 heteroatoms. The maximum atomic E-state index is 13.0. The Kier molecular flexibility index (Phi) is 6.03. The van der Waals surface area contributed by atoms with Gasteiger partial charge in [0.1, 0.15) is 5.76 Å². The van der Waals surface area contributed by atoms with Crippen molar-refractivity contribution < 1.29 is 19.6 Å². The lowest BCUT2D eigenvalue weighted by Gasteiger charge is -2.25. The Balaban J connectivity index is 1.76. The van der Waals surface area contributed by atoms with Crippen molar-refractivity contribution in [2.24, 2.45) is 0 Å². The van der Waals surface area contributed by atoms with E-state index in [4.69, 9.17) is 0 Å². The maximum absolute atomic E-state index is 13.0. The van der Waals surface area contributed by atoms with Crippen molar-refractivity contribution in [2.75, 3.05) is 6.54 Å². The number of carbonyl (C=O) groups is 2. The predicted octanol–water partition coefficient (Wildman–Crippen LogP) is 3.61. The van der Waals surface area contributed by atoms with Gasteiger partial charge in [0.15, 0.2) is 0 Å². The van der Waals surface area contributed by atoms with Crippen molar-refractivity contribution in [1.29, 1.82) is 0 Å². The van der Waals surface area contributed by atoms with Crippen LogP contribution in [0.5, 0.6) is 0 Å². The third kappa shape index (κ3) is 4.38. The number of ketones is 1. The van der Waals surface area contributed by atoms with Gasteiger partial charge in [-0.15, -0.1) is 0 Å². The highest BCUT2D eigenvalue weighted by atomic mass is 16.6. The van der Waals surface area contributed by atoms with Gasteiger partial charge in [0.2, 0.25) is 0 Å². The number of aliphatic hydroxyl groups excluding tert-OH is 1. The topological polar surface area (TPSA) is 119 Å². The van der Waals surface area contributed by atoms with Gasteiger partial charge in [0.05, 0.1) is 22.9 Å². The highest BCUT2D eigenvalue weighted by Gasteiger charge is 2.46. The third-order valence-electron chi connectivity index (χ3n) is 5.64. The second-order valence-corrected chi connectivity index (χ2v) is 7.86. The van der Waals surface area contributed by atoms with Gasteiger partial charge >= 0.3 is 0 Å². The first kappa shape index (κ1) is 21.9. The zero-order chi connectivity index (χ0) is 23.5. The van der Waals surface area contributed by atoms with E-state index in [1.807, 2.05) is 11.5 Å². The second-order valence-electron chi connectivity index (χ2n) is 7.86. The molecule has 0 unspecified atom stereocenters. The molecule has 4 rings (SSSR count). The van der Waals surface area contributed by atoms with E-state index in [9.17, 15) is 24.8 Å². The average molecular weight is 446 g/mol. The number of aromatic nitrogens is 2. The van der Waals surface area contributed by atoms with Crippen LogP contribution in [0.15, 0.2) is 72.8 Å². The number of imidazole rings is 1. The van der Waals surface area contributed by atoms with Crippen LogP contribution in [0.1, 0.15) is 29.2 Å². The van der Waals surface area contributed by atoms with E-state index in [1.54, 1.807) is 49.1 Å². The van der Waals surface area contributed by atoms with E-state index in [2.05, 4.69) is 4.98 Å². The fourth-order valence-corrected chi connectivity index (χ4v) is 3.98. The summed E-state index contributed by atoms with van der Waals surface area (Å²) in [5.41, 5.74) is 1.52. The van der Waals surface area contributed by atoms with E-state index < -0.39 is 22.7 Å². The van der Waals surface area contributed by atoms with Crippen LogP contribution in [0, 0.1) is 17.0 Å². The number of aryl methyl sites for hydroxylation is 2. The van der Waals surface area contributed by atoms with Crippen LogP contribution in [-0.2, 0) is 16.1 Å². The summed E-state index contributed by atoms with van der Waals surface area (Å²) in [6.45, 7) is 2.69. The quantitative estimate of drug-likeness (QED) is 0.195. The molecule has 1 aliphatic rings. The van der Waals surface area contributed by atoms with Crippen LogP contribution in [0.2, 0.25) is 0 Å². The molecule has 0 saturated carbocycles. The molecule has 0 radical (unpaired) electrons. The molecule has 3 aromatic rings. The van der Waals surface area contributed by atoms with Crippen LogP contribution in [0.3, 0.4) is 0 Å². The minimum Gasteiger partial charge on any atom is -0.507 e. The van der Waals surface area contributed by atoms with Gasteiger partial charge in [0.25, 0.3) is 17.4 Å². The van der Waals surface area contributed by atoms with E-state index in [1.165, 1.54) is 23.1 Å². The number of likely N-dealkylation sites (tertiary alicyclic amines) is 1. The lowest BCUT2D eigenvalue weighted by Crippen LogP contribution is -2.31. The van der Waals surface area contributed by atoms with Gasteiger partial charge in [0, 0.05) is 43.2 Å². The monoisotopic (exact) mass is 446 g/mol.